The van der Waals surface area contributed by atoms with Crippen LogP contribution in [0.1, 0.15) is 20.8 Å². The van der Waals surface area contributed by atoms with E-state index in [1.54, 1.807) is 13.3 Å². The highest BCUT2D eigenvalue weighted by Gasteiger charge is 2.42. The van der Waals surface area contributed by atoms with E-state index in [1.807, 2.05) is 31.7 Å². The first-order chi connectivity index (χ1) is 11.3. The molecule has 132 valence electrons. The Morgan fingerprint density at radius 3 is 2.42 bits per heavy atom. The minimum atomic E-state index is -0.452. The standard InChI is InChI=1S/C17H24ClN3O3/c1-17(2,3)24-16(22)21-9-11-7-20(8-12(11)10-21)13-5-14(23-4)15(18)19-6-13/h5-6,11-12H,7-10H2,1-4H3/t11-,12+. The highest BCUT2D eigenvalue weighted by atomic mass is 35.5. The minimum Gasteiger partial charge on any atom is -0.493 e. The van der Waals surface area contributed by atoms with E-state index in [-0.39, 0.29) is 6.09 Å². The van der Waals surface area contributed by atoms with Crippen LogP contribution in [0.3, 0.4) is 0 Å². The molecule has 1 aromatic rings. The molecule has 0 radical (unpaired) electrons. The monoisotopic (exact) mass is 353 g/mol. The predicted octanol–water partition coefficient (Wildman–Crippen LogP) is 3.05. The summed E-state index contributed by atoms with van der Waals surface area (Å²) in [5.41, 5.74) is 0.557. The molecule has 1 aromatic heterocycles. The number of amides is 1. The minimum absolute atomic E-state index is 0.210. The number of carbonyl (C=O) groups excluding carboxylic acids is 1. The lowest BCUT2D eigenvalue weighted by Gasteiger charge is -2.26. The number of fused-ring (bicyclic) bond motifs is 1. The lowest BCUT2D eigenvalue weighted by Crippen LogP contribution is -2.37. The molecular weight excluding hydrogens is 330 g/mol. The average molecular weight is 354 g/mol. The number of halogens is 1. The molecule has 2 aliphatic rings. The van der Waals surface area contributed by atoms with Gasteiger partial charge in [-0.25, -0.2) is 9.78 Å². The second-order valence-corrected chi connectivity index (χ2v) is 7.86. The molecule has 0 saturated carbocycles. The van der Waals surface area contributed by atoms with Gasteiger partial charge in [0.1, 0.15) is 5.60 Å². The van der Waals surface area contributed by atoms with Crippen LogP contribution in [-0.4, -0.2) is 54.9 Å². The van der Waals surface area contributed by atoms with E-state index in [4.69, 9.17) is 21.1 Å². The third-order valence-electron chi connectivity index (χ3n) is 4.52. The van der Waals surface area contributed by atoms with Crippen LogP contribution >= 0.6 is 11.6 Å². The molecule has 2 saturated heterocycles. The summed E-state index contributed by atoms with van der Waals surface area (Å²) in [4.78, 5) is 20.5. The van der Waals surface area contributed by atoms with Crippen LogP contribution in [0.15, 0.2) is 12.3 Å². The summed E-state index contributed by atoms with van der Waals surface area (Å²) >= 11 is 5.99. The van der Waals surface area contributed by atoms with E-state index in [0.717, 1.165) is 31.9 Å². The van der Waals surface area contributed by atoms with Crippen LogP contribution < -0.4 is 9.64 Å². The second-order valence-electron chi connectivity index (χ2n) is 7.50. The summed E-state index contributed by atoms with van der Waals surface area (Å²) in [5.74, 6) is 1.50. The first-order valence-electron chi connectivity index (χ1n) is 8.19. The van der Waals surface area contributed by atoms with Gasteiger partial charge in [0.15, 0.2) is 10.9 Å². The smallest absolute Gasteiger partial charge is 0.410 e. The van der Waals surface area contributed by atoms with Crippen LogP contribution in [0.25, 0.3) is 0 Å². The third kappa shape index (κ3) is 3.53. The summed E-state index contributed by atoms with van der Waals surface area (Å²) in [7, 11) is 1.59. The zero-order chi connectivity index (χ0) is 17.5. The van der Waals surface area contributed by atoms with Crippen molar-refractivity contribution < 1.29 is 14.3 Å². The summed E-state index contributed by atoms with van der Waals surface area (Å²) in [5, 5.41) is 0.372. The fourth-order valence-electron chi connectivity index (χ4n) is 3.41. The predicted molar refractivity (Wildman–Crippen MR) is 92.8 cm³/mol. The van der Waals surface area contributed by atoms with E-state index in [1.165, 1.54) is 0 Å². The Hall–Kier alpha value is -1.69. The van der Waals surface area contributed by atoms with Crippen molar-refractivity contribution >= 4 is 23.4 Å². The Labute approximate surface area is 147 Å². The van der Waals surface area contributed by atoms with Crippen molar-refractivity contribution in [2.45, 2.75) is 26.4 Å². The average Bonchev–Trinajstić information content (AvgIpc) is 3.04. The molecule has 6 nitrogen and oxygen atoms in total. The van der Waals surface area contributed by atoms with Gasteiger partial charge in [-0.3, -0.25) is 0 Å². The number of ether oxygens (including phenoxy) is 2. The number of likely N-dealkylation sites (tertiary alicyclic amines) is 1. The van der Waals surface area contributed by atoms with Crippen molar-refractivity contribution in [3.05, 3.63) is 17.4 Å². The maximum Gasteiger partial charge on any atom is 0.410 e. The van der Waals surface area contributed by atoms with Gasteiger partial charge >= 0.3 is 6.09 Å². The fourth-order valence-corrected chi connectivity index (χ4v) is 3.59. The van der Waals surface area contributed by atoms with E-state index < -0.39 is 5.60 Å². The molecule has 3 rings (SSSR count). The second kappa shape index (κ2) is 6.31. The normalized spacial score (nSPS) is 23.4. The van der Waals surface area contributed by atoms with E-state index in [0.29, 0.717) is 22.7 Å². The van der Waals surface area contributed by atoms with Gasteiger partial charge in [0.2, 0.25) is 0 Å². The molecule has 24 heavy (non-hydrogen) atoms. The molecule has 2 atom stereocenters. The summed E-state index contributed by atoms with van der Waals surface area (Å²) in [6, 6.07) is 1.92. The fraction of sp³-hybridized carbons (Fsp3) is 0.647. The molecule has 1 amide bonds. The number of rotatable bonds is 2. The van der Waals surface area contributed by atoms with Gasteiger partial charge in [-0.1, -0.05) is 11.6 Å². The zero-order valence-corrected chi connectivity index (χ0v) is 15.3. The van der Waals surface area contributed by atoms with Crippen LogP contribution in [-0.2, 0) is 4.74 Å². The SMILES string of the molecule is COc1cc(N2C[C@H]3CN(C(=O)OC(C)(C)C)C[C@H]3C2)cnc1Cl. The van der Waals surface area contributed by atoms with Crippen LogP contribution in [0.2, 0.25) is 5.15 Å². The highest BCUT2D eigenvalue weighted by molar-refractivity contribution is 6.30. The van der Waals surface area contributed by atoms with Crippen molar-refractivity contribution in [2.75, 3.05) is 38.2 Å². The Balaban J connectivity index is 1.62. The van der Waals surface area contributed by atoms with Crippen molar-refractivity contribution in [1.82, 2.24) is 9.88 Å². The van der Waals surface area contributed by atoms with E-state index in [2.05, 4.69) is 9.88 Å². The quantitative estimate of drug-likeness (QED) is 0.765. The molecule has 0 aliphatic carbocycles. The van der Waals surface area contributed by atoms with Gasteiger partial charge in [-0.15, -0.1) is 0 Å². The summed E-state index contributed by atoms with van der Waals surface area (Å²) in [6.07, 6.45) is 1.57. The highest BCUT2D eigenvalue weighted by Crippen LogP contribution is 2.36. The van der Waals surface area contributed by atoms with Crippen LogP contribution in [0, 0.1) is 11.8 Å². The molecule has 0 spiro atoms. The maximum absolute atomic E-state index is 12.2. The largest absolute Gasteiger partial charge is 0.493 e. The van der Waals surface area contributed by atoms with Gasteiger partial charge in [-0.2, -0.15) is 0 Å². The van der Waals surface area contributed by atoms with Crippen molar-refractivity contribution in [2.24, 2.45) is 11.8 Å². The Kier molecular flexibility index (Phi) is 4.51. The molecule has 0 unspecified atom stereocenters. The number of methoxy groups -OCH3 is 1. The van der Waals surface area contributed by atoms with E-state index in [9.17, 15) is 4.79 Å². The first kappa shape index (κ1) is 17.1. The lowest BCUT2D eigenvalue weighted by molar-refractivity contribution is 0.0282. The van der Waals surface area contributed by atoms with Gasteiger partial charge in [0, 0.05) is 44.1 Å². The molecule has 3 heterocycles. The van der Waals surface area contributed by atoms with Gasteiger partial charge < -0.3 is 19.3 Å². The molecule has 0 aromatic carbocycles. The lowest BCUT2D eigenvalue weighted by atomic mass is 10.0. The molecule has 2 aliphatic heterocycles. The van der Waals surface area contributed by atoms with Gasteiger partial charge in [0.25, 0.3) is 0 Å². The molecule has 2 fully saturated rings. The van der Waals surface area contributed by atoms with Crippen molar-refractivity contribution in [1.29, 1.82) is 0 Å². The van der Waals surface area contributed by atoms with Gasteiger partial charge in [-0.05, 0) is 20.8 Å². The van der Waals surface area contributed by atoms with E-state index >= 15 is 0 Å². The molecule has 0 N–H and O–H groups in total. The number of carbonyl (C=O) groups is 1. The number of hydrogen-bond donors (Lipinski definition) is 0. The first-order valence-corrected chi connectivity index (χ1v) is 8.57. The number of aromatic nitrogens is 1. The Bertz CT molecular complexity index is 618. The number of pyridine rings is 1. The number of hydrogen-bond acceptors (Lipinski definition) is 5. The number of anilines is 1. The Morgan fingerprint density at radius 2 is 1.88 bits per heavy atom. The van der Waals surface area contributed by atoms with Gasteiger partial charge in [0.05, 0.1) is 19.0 Å². The third-order valence-corrected chi connectivity index (χ3v) is 4.80. The summed E-state index contributed by atoms with van der Waals surface area (Å²) in [6.45, 7) is 8.97. The number of nitrogens with zero attached hydrogens (tertiary/aromatic N) is 3. The van der Waals surface area contributed by atoms with Crippen LogP contribution in [0.4, 0.5) is 10.5 Å². The van der Waals surface area contributed by atoms with Crippen molar-refractivity contribution in [3.8, 4) is 5.75 Å². The Morgan fingerprint density at radius 1 is 1.25 bits per heavy atom. The van der Waals surface area contributed by atoms with Crippen molar-refractivity contribution in [3.63, 3.8) is 0 Å². The molecule has 7 heteroatoms. The topological polar surface area (TPSA) is 54.9 Å². The summed E-state index contributed by atoms with van der Waals surface area (Å²) < 4.78 is 10.7. The van der Waals surface area contributed by atoms with Crippen LogP contribution in [0.5, 0.6) is 5.75 Å². The molecule has 0 bridgehead atoms. The maximum atomic E-state index is 12.2. The molecular formula is C17H24ClN3O3. The zero-order valence-electron chi connectivity index (χ0n) is 14.6.